The topological polar surface area (TPSA) is 104 Å². The van der Waals surface area contributed by atoms with E-state index in [0.29, 0.717) is 11.1 Å². The van der Waals surface area contributed by atoms with Crippen molar-refractivity contribution in [1.82, 2.24) is 0 Å². The van der Waals surface area contributed by atoms with Gasteiger partial charge in [0.1, 0.15) is 6.17 Å². The fourth-order valence-corrected chi connectivity index (χ4v) is 2.27. The van der Waals surface area contributed by atoms with Crippen LogP contribution in [-0.4, -0.2) is 12.3 Å². The van der Waals surface area contributed by atoms with Gasteiger partial charge in [-0.25, -0.2) is 4.79 Å². The van der Waals surface area contributed by atoms with E-state index in [1.807, 2.05) is 36.4 Å². The van der Waals surface area contributed by atoms with Gasteiger partial charge in [-0.2, -0.15) is 0 Å². The number of carbonyl (C=O) groups is 1. The second-order valence-electron chi connectivity index (χ2n) is 4.41. The van der Waals surface area contributed by atoms with Crippen LogP contribution in [0.15, 0.2) is 60.7 Å². The van der Waals surface area contributed by atoms with Crippen molar-refractivity contribution in [2.45, 2.75) is 11.8 Å². The molecule has 0 aliphatic carbocycles. The van der Waals surface area contributed by atoms with E-state index in [9.17, 15) is 4.79 Å². The zero-order chi connectivity index (χ0) is 14.6. The molecule has 0 aliphatic rings. The number of hydrogen-bond acceptors (Lipinski definition) is 4. The van der Waals surface area contributed by atoms with E-state index in [1.165, 1.54) is 0 Å². The monoisotopic (exact) mass is 271 g/mol. The molecular weight excluding hydrogens is 254 g/mol. The molecule has 0 fully saturated rings. The van der Waals surface area contributed by atoms with Crippen LogP contribution in [0.5, 0.6) is 0 Å². The fourth-order valence-electron chi connectivity index (χ4n) is 2.27. The molecule has 0 aliphatic heterocycles. The highest BCUT2D eigenvalue weighted by Crippen LogP contribution is 2.34. The van der Waals surface area contributed by atoms with Crippen molar-refractivity contribution in [2.75, 3.05) is 0 Å². The molecule has 6 N–H and O–H groups in total. The number of ether oxygens (including phenoxy) is 1. The Morgan fingerprint density at radius 2 is 1.30 bits per heavy atom. The molecule has 0 spiro atoms. The number of nitrogens with two attached hydrogens (primary N) is 3. The summed E-state index contributed by atoms with van der Waals surface area (Å²) in [5.74, 6) is 0. The van der Waals surface area contributed by atoms with Crippen LogP contribution in [0.25, 0.3) is 0 Å². The van der Waals surface area contributed by atoms with E-state index in [0.717, 1.165) is 0 Å². The molecule has 5 nitrogen and oxygen atoms in total. The third-order valence-corrected chi connectivity index (χ3v) is 3.14. The summed E-state index contributed by atoms with van der Waals surface area (Å²) >= 11 is 0. The van der Waals surface area contributed by atoms with Crippen molar-refractivity contribution in [3.63, 3.8) is 0 Å². The Labute approximate surface area is 117 Å². The fraction of sp³-hybridized carbons (Fsp3) is 0.133. The summed E-state index contributed by atoms with van der Waals surface area (Å²) in [5, 5.41) is 0. The Kier molecular flexibility index (Phi) is 4.02. The second-order valence-corrected chi connectivity index (χ2v) is 4.41. The Bertz CT molecular complexity index is 531. The quantitative estimate of drug-likeness (QED) is 0.728. The maximum Gasteiger partial charge on any atom is 0.405 e. The predicted octanol–water partition coefficient (Wildman–Crippen LogP) is 1.27. The zero-order valence-corrected chi connectivity index (χ0v) is 10.9. The molecule has 0 aromatic heterocycles. The molecule has 0 saturated carbocycles. The number of benzene rings is 2. The summed E-state index contributed by atoms with van der Waals surface area (Å²) in [5.41, 5.74) is 17.1. The molecule has 2 rings (SSSR count). The van der Waals surface area contributed by atoms with Gasteiger partial charge in [0.15, 0.2) is 5.60 Å². The van der Waals surface area contributed by atoms with E-state index in [1.54, 1.807) is 24.3 Å². The summed E-state index contributed by atoms with van der Waals surface area (Å²) in [6, 6.07) is 18.2. The smallest absolute Gasteiger partial charge is 0.405 e. The number of hydrogen-bond donors (Lipinski definition) is 3. The third kappa shape index (κ3) is 2.49. The molecule has 104 valence electrons. The maximum absolute atomic E-state index is 11.4. The average Bonchev–Trinajstić information content (AvgIpc) is 2.46. The highest BCUT2D eigenvalue weighted by atomic mass is 16.6. The summed E-state index contributed by atoms with van der Waals surface area (Å²) < 4.78 is 5.36. The highest BCUT2D eigenvalue weighted by molar-refractivity contribution is 5.66. The molecule has 0 atom stereocenters. The minimum absolute atomic E-state index is 0.667. The van der Waals surface area contributed by atoms with Crippen molar-refractivity contribution < 1.29 is 9.53 Å². The summed E-state index contributed by atoms with van der Waals surface area (Å²) in [7, 11) is 0. The summed E-state index contributed by atoms with van der Waals surface area (Å²) in [4.78, 5) is 11.4. The maximum atomic E-state index is 11.4. The van der Waals surface area contributed by atoms with Crippen LogP contribution in [-0.2, 0) is 10.3 Å². The first-order chi connectivity index (χ1) is 9.57. The van der Waals surface area contributed by atoms with E-state index in [2.05, 4.69) is 0 Å². The van der Waals surface area contributed by atoms with Gasteiger partial charge in [-0.05, 0) is 0 Å². The molecule has 5 heteroatoms. The molecule has 0 bridgehead atoms. The lowest BCUT2D eigenvalue weighted by molar-refractivity contribution is 0.0261. The number of rotatable bonds is 4. The molecule has 2 aromatic carbocycles. The molecule has 0 saturated heterocycles. The SMILES string of the molecule is NC(=O)OC(c1ccccc1)(c1ccccc1)C(N)N. The average molecular weight is 271 g/mol. The minimum atomic E-state index is -1.31. The molecule has 2 aromatic rings. The minimum Gasteiger partial charge on any atom is -0.430 e. The number of amides is 1. The number of primary amides is 1. The Balaban J connectivity index is 2.66. The van der Waals surface area contributed by atoms with Crippen LogP contribution in [0.4, 0.5) is 4.79 Å². The van der Waals surface area contributed by atoms with Crippen LogP contribution in [0.3, 0.4) is 0 Å². The second kappa shape index (κ2) is 5.73. The van der Waals surface area contributed by atoms with Gasteiger partial charge < -0.3 is 21.9 Å². The van der Waals surface area contributed by atoms with Gasteiger partial charge in [0.25, 0.3) is 0 Å². The van der Waals surface area contributed by atoms with Gasteiger partial charge in [-0.15, -0.1) is 0 Å². The van der Waals surface area contributed by atoms with Crippen molar-refractivity contribution in [3.05, 3.63) is 71.8 Å². The Morgan fingerprint density at radius 1 is 0.900 bits per heavy atom. The Morgan fingerprint density at radius 3 is 1.60 bits per heavy atom. The largest absolute Gasteiger partial charge is 0.430 e. The van der Waals surface area contributed by atoms with E-state index in [-0.39, 0.29) is 0 Å². The van der Waals surface area contributed by atoms with Crippen LogP contribution in [0.2, 0.25) is 0 Å². The van der Waals surface area contributed by atoms with Gasteiger partial charge in [-0.3, -0.25) is 0 Å². The number of carbonyl (C=O) groups excluding carboxylic acids is 1. The van der Waals surface area contributed by atoms with Crippen molar-refractivity contribution >= 4 is 6.09 Å². The van der Waals surface area contributed by atoms with Crippen molar-refractivity contribution in [2.24, 2.45) is 17.2 Å². The van der Waals surface area contributed by atoms with Crippen molar-refractivity contribution in [3.8, 4) is 0 Å². The lowest BCUT2D eigenvalue weighted by Gasteiger charge is -2.36. The lowest BCUT2D eigenvalue weighted by atomic mass is 9.83. The van der Waals surface area contributed by atoms with Gasteiger partial charge in [0, 0.05) is 11.1 Å². The first-order valence-corrected chi connectivity index (χ1v) is 6.18. The van der Waals surface area contributed by atoms with Gasteiger partial charge in [-0.1, -0.05) is 60.7 Å². The van der Waals surface area contributed by atoms with E-state index >= 15 is 0 Å². The molecular formula is C15H17N3O2. The highest BCUT2D eigenvalue weighted by Gasteiger charge is 2.42. The molecule has 0 heterocycles. The van der Waals surface area contributed by atoms with Crippen LogP contribution in [0, 0.1) is 0 Å². The molecule has 1 amide bonds. The summed E-state index contributed by atoms with van der Waals surface area (Å²) in [6.07, 6.45) is -1.89. The molecule has 20 heavy (non-hydrogen) atoms. The van der Waals surface area contributed by atoms with E-state index in [4.69, 9.17) is 21.9 Å². The molecule has 0 unspecified atom stereocenters. The standard InChI is InChI=1S/C15H17N3O2/c16-13(17)15(20-14(18)19,11-7-3-1-4-8-11)12-9-5-2-6-10-12/h1-10,13H,16-17H2,(H2,18,19). The van der Waals surface area contributed by atoms with Crippen LogP contribution < -0.4 is 17.2 Å². The Hall–Kier alpha value is -2.37. The zero-order valence-electron chi connectivity index (χ0n) is 10.9. The first-order valence-electron chi connectivity index (χ1n) is 6.18. The molecule has 0 radical (unpaired) electrons. The summed E-state index contributed by atoms with van der Waals surface area (Å²) in [6.45, 7) is 0. The lowest BCUT2D eigenvalue weighted by Crippen LogP contribution is -2.55. The van der Waals surface area contributed by atoms with Gasteiger partial charge in [0.2, 0.25) is 0 Å². The van der Waals surface area contributed by atoms with Gasteiger partial charge >= 0.3 is 6.09 Å². The van der Waals surface area contributed by atoms with E-state index < -0.39 is 17.9 Å². The van der Waals surface area contributed by atoms with Crippen LogP contribution >= 0.6 is 0 Å². The normalized spacial score (nSPS) is 11.3. The van der Waals surface area contributed by atoms with Crippen molar-refractivity contribution in [1.29, 1.82) is 0 Å². The van der Waals surface area contributed by atoms with Gasteiger partial charge in [0.05, 0.1) is 0 Å². The van der Waals surface area contributed by atoms with Crippen LogP contribution in [0.1, 0.15) is 11.1 Å². The third-order valence-electron chi connectivity index (χ3n) is 3.14. The first kappa shape index (κ1) is 14.0. The predicted molar refractivity (Wildman–Crippen MR) is 76.5 cm³/mol.